The Hall–Kier alpha value is -1.36. The Morgan fingerprint density at radius 3 is 2.63 bits per heavy atom. The average molecular weight is 267 g/mol. The van der Waals surface area contributed by atoms with E-state index in [4.69, 9.17) is 0 Å². The van der Waals surface area contributed by atoms with Crippen LogP contribution in [0, 0.1) is 13.8 Å². The topological polar surface area (TPSA) is 67.2 Å². The Morgan fingerprint density at radius 1 is 1.58 bits per heavy atom. The number of aromatic nitrogens is 2. The maximum absolute atomic E-state index is 11.5. The highest BCUT2D eigenvalue weighted by Crippen LogP contribution is 2.23. The summed E-state index contributed by atoms with van der Waals surface area (Å²) in [6, 6.07) is 0.0895. The summed E-state index contributed by atoms with van der Waals surface area (Å²) in [6.45, 7) is 10.5. The predicted molar refractivity (Wildman–Crippen MR) is 75.4 cm³/mol. The lowest BCUT2D eigenvalue weighted by Gasteiger charge is -2.30. The molecule has 2 N–H and O–H groups in total. The Balaban J connectivity index is 2.85. The van der Waals surface area contributed by atoms with Crippen LogP contribution < -0.4 is 5.32 Å². The van der Waals surface area contributed by atoms with Gasteiger partial charge in [-0.2, -0.15) is 0 Å². The Morgan fingerprint density at radius 2 is 2.21 bits per heavy atom. The van der Waals surface area contributed by atoms with Crippen molar-refractivity contribution in [1.29, 1.82) is 0 Å². The van der Waals surface area contributed by atoms with Gasteiger partial charge in [-0.25, -0.2) is 4.98 Å². The van der Waals surface area contributed by atoms with Gasteiger partial charge < -0.3 is 15.0 Å². The number of carboxylic acid groups (broad SMARTS) is 1. The number of hydrogen-bond donors (Lipinski definition) is 2. The maximum atomic E-state index is 11.5. The van der Waals surface area contributed by atoms with E-state index >= 15 is 0 Å². The molecular weight excluding hydrogens is 242 g/mol. The van der Waals surface area contributed by atoms with E-state index in [0.29, 0.717) is 13.0 Å². The second kappa shape index (κ2) is 6.19. The van der Waals surface area contributed by atoms with Crippen LogP contribution in [0.4, 0.5) is 0 Å². The number of aryl methyl sites for hydroxylation is 1. The van der Waals surface area contributed by atoms with E-state index in [1.54, 1.807) is 13.3 Å². The van der Waals surface area contributed by atoms with Crippen molar-refractivity contribution in [1.82, 2.24) is 14.9 Å². The van der Waals surface area contributed by atoms with Crippen LogP contribution in [-0.4, -0.2) is 32.7 Å². The molecule has 0 saturated heterocycles. The zero-order chi connectivity index (χ0) is 14.6. The largest absolute Gasteiger partial charge is 0.480 e. The molecule has 5 nitrogen and oxygen atoms in total. The minimum absolute atomic E-state index is 0.0895. The first-order valence-corrected chi connectivity index (χ1v) is 6.80. The van der Waals surface area contributed by atoms with E-state index in [0.717, 1.165) is 17.8 Å². The number of nitrogens with zero attached hydrogens (tertiary/aromatic N) is 2. The minimum Gasteiger partial charge on any atom is -0.480 e. The molecule has 0 aliphatic heterocycles. The minimum atomic E-state index is -0.903. The first-order chi connectivity index (χ1) is 8.81. The molecule has 1 rings (SSSR count). The zero-order valence-electron chi connectivity index (χ0n) is 12.5. The molecule has 0 bridgehead atoms. The summed E-state index contributed by atoms with van der Waals surface area (Å²) in [7, 11) is 0. The Kier molecular flexibility index (Phi) is 5.11. The third kappa shape index (κ3) is 3.56. The summed E-state index contributed by atoms with van der Waals surface area (Å²) in [5, 5.41) is 12.6. The van der Waals surface area contributed by atoms with Gasteiger partial charge in [-0.1, -0.05) is 6.92 Å². The number of rotatable bonds is 7. The van der Waals surface area contributed by atoms with Gasteiger partial charge in [-0.3, -0.25) is 4.79 Å². The third-order valence-corrected chi connectivity index (χ3v) is 3.70. The van der Waals surface area contributed by atoms with E-state index in [2.05, 4.69) is 10.3 Å². The molecule has 0 radical (unpaired) electrons. The van der Waals surface area contributed by atoms with Gasteiger partial charge in [0.05, 0.1) is 12.0 Å². The highest BCUT2D eigenvalue weighted by molar-refractivity contribution is 5.78. The first kappa shape index (κ1) is 15.7. The highest BCUT2D eigenvalue weighted by Gasteiger charge is 2.34. The normalized spacial score (nSPS) is 16.1. The monoisotopic (exact) mass is 267 g/mol. The molecule has 0 aromatic carbocycles. The maximum Gasteiger partial charge on any atom is 0.323 e. The van der Waals surface area contributed by atoms with Crippen LogP contribution >= 0.6 is 0 Å². The van der Waals surface area contributed by atoms with Crippen LogP contribution in [0.3, 0.4) is 0 Å². The zero-order valence-corrected chi connectivity index (χ0v) is 12.5. The molecule has 0 aliphatic carbocycles. The van der Waals surface area contributed by atoms with Crippen LogP contribution in [0.15, 0.2) is 6.33 Å². The molecule has 1 aromatic heterocycles. The summed E-state index contributed by atoms with van der Waals surface area (Å²) in [4.78, 5) is 15.8. The summed E-state index contributed by atoms with van der Waals surface area (Å²) in [6.07, 6.45) is 3.23. The number of carboxylic acids is 1. The number of imidazole rings is 1. The van der Waals surface area contributed by atoms with Crippen molar-refractivity contribution in [3.8, 4) is 0 Å². The number of aliphatic carboxylic acids is 1. The van der Waals surface area contributed by atoms with Gasteiger partial charge in [0.15, 0.2) is 0 Å². The molecule has 2 unspecified atom stereocenters. The fraction of sp³-hybridized carbons (Fsp3) is 0.714. The van der Waals surface area contributed by atoms with Gasteiger partial charge in [-0.05, 0) is 47.1 Å². The van der Waals surface area contributed by atoms with E-state index in [9.17, 15) is 9.90 Å². The Bertz CT molecular complexity index is 442. The smallest absolute Gasteiger partial charge is 0.323 e. The van der Waals surface area contributed by atoms with Gasteiger partial charge in [0.2, 0.25) is 0 Å². The van der Waals surface area contributed by atoms with Gasteiger partial charge in [0, 0.05) is 11.7 Å². The van der Waals surface area contributed by atoms with Crippen LogP contribution in [-0.2, 0) is 4.79 Å². The van der Waals surface area contributed by atoms with E-state index in [-0.39, 0.29) is 6.04 Å². The van der Waals surface area contributed by atoms with Crippen molar-refractivity contribution in [2.75, 3.05) is 6.54 Å². The Labute approximate surface area is 115 Å². The second-order valence-corrected chi connectivity index (χ2v) is 5.44. The van der Waals surface area contributed by atoms with Gasteiger partial charge >= 0.3 is 5.97 Å². The van der Waals surface area contributed by atoms with Crippen LogP contribution in [0.2, 0.25) is 0 Å². The predicted octanol–water partition coefficient (Wildman–Crippen LogP) is 2.29. The van der Waals surface area contributed by atoms with Crippen LogP contribution in [0.5, 0.6) is 0 Å². The first-order valence-electron chi connectivity index (χ1n) is 6.80. The van der Waals surface area contributed by atoms with Crippen LogP contribution in [0.25, 0.3) is 0 Å². The van der Waals surface area contributed by atoms with Crippen molar-refractivity contribution in [3.05, 3.63) is 17.7 Å². The molecule has 1 aromatic rings. The van der Waals surface area contributed by atoms with Crippen molar-refractivity contribution in [2.45, 2.75) is 59.0 Å². The average Bonchev–Trinajstić information content (AvgIpc) is 2.67. The van der Waals surface area contributed by atoms with Crippen molar-refractivity contribution in [2.24, 2.45) is 0 Å². The van der Waals surface area contributed by atoms with Gasteiger partial charge in [0.1, 0.15) is 5.54 Å². The molecule has 0 spiro atoms. The van der Waals surface area contributed by atoms with Gasteiger partial charge in [-0.15, -0.1) is 0 Å². The summed E-state index contributed by atoms with van der Waals surface area (Å²) in [5.74, 6) is -0.803. The highest BCUT2D eigenvalue weighted by atomic mass is 16.4. The fourth-order valence-corrected chi connectivity index (χ4v) is 2.29. The molecule has 108 valence electrons. The quantitative estimate of drug-likeness (QED) is 0.795. The van der Waals surface area contributed by atoms with E-state index in [1.807, 2.05) is 32.3 Å². The lowest BCUT2D eigenvalue weighted by atomic mass is 9.93. The second-order valence-electron chi connectivity index (χ2n) is 5.44. The summed E-state index contributed by atoms with van der Waals surface area (Å²) >= 11 is 0. The molecular formula is C14H25N3O2. The van der Waals surface area contributed by atoms with E-state index in [1.165, 1.54) is 0 Å². The number of nitrogens with one attached hydrogen (secondary N) is 1. The lowest BCUT2D eigenvalue weighted by molar-refractivity contribution is -0.144. The van der Waals surface area contributed by atoms with Gasteiger partial charge in [0.25, 0.3) is 0 Å². The third-order valence-electron chi connectivity index (χ3n) is 3.70. The molecule has 0 fully saturated rings. The number of carbonyl (C=O) groups is 1. The lowest BCUT2D eigenvalue weighted by Crippen LogP contribution is -2.51. The molecule has 0 aliphatic rings. The standard InChI is InChI=1S/C14H25N3O2/c1-6-7-16-14(5,13(18)19)8-10(2)17-9-15-11(3)12(17)4/h9-10,16H,6-8H2,1-5H3,(H,18,19). The molecule has 1 heterocycles. The molecule has 19 heavy (non-hydrogen) atoms. The summed E-state index contributed by atoms with van der Waals surface area (Å²) in [5.41, 5.74) is 1.18. The fourth-order valence-electron chi connectivity index (χ4n) is 2.29. The SMILES string of the molecule is CCCNC(C)(CC(C)n1cnc(C)c1C)C(=O)O. The molecule has 2 atom stereocenters. The summed E-state index contributed by atoms with van der Waals surface area (Å²) < 4.78 is 2.05. The van der Waals surface area contributed by atoms with Crippen molar-refractivity contribution in [3.63, 3.8) is 0 Å². The van der Waals surface area contributed by atoms with Crippen molar-refractivity contribution < 1.29 is 9.90 Å². The van der Waals surface area contributed by atoms with Crippen molar-refractivity contribution >= 4 is 5.97 Å². The molecule has 5 heteroatoms. The van der Waals surface area contributed by atoms with E-state index < -0.39 is 11.5 Å². The molecule has 0 amide bonds. The van der Waals surface area contributed by atoms with Crippen LogP contribution in [0.1, 0.15) is 51.0 Å². The number of hydrogen-bond acceptors (Lipinski definition) is 3. The molecule has 0 saturated carbocycles.